The van der Waals surface area contributed by atoms with Crippen LogP contribution in [0.4, 0.5) is 0 Å². The molecule has 72 valence electrons. The summed E-state index contributed by atoms with van der Waals surface area (Å²) in [4.78, 5) is 22.0. The van der Waals surface area contributed by atoms with Gasteiger partial charge in [-0.25, -0.2) is 0 Å². The normalized spacial score (nSPS) is 20.6. The maximum absolute atomic E-state index is 11.4. The van der Waals surface area contributed by atoms with Crippen molar-refractivity contribution in [3.05, 3.63) is 40.3 Å². The van der Waals surface area contributed by atoms with Gasteiger partial charge in [0.25, 0.3) is 5.91 Å². The van der Waals surface area contributed by atoms with Crippen LogP contribution in [0, 0.1) is 4.91 Å². The van der Waals surface area contributed by atoms with E-state index in [2.05, 4.69) is 10.5 Å². The predicted molar refractivity (Wildman–Crippen MR) is 51.7 cm³/mol. The van der Waals surface area contributed by atoms with Crippen LogP contribution in [0.5, 0.6) is 0 Å². The molecule has 2 rings (SSSR count). The molecule has 0 radical (unpaired) electrons. The van der Waals surface area contributed by atoms with E-state index in [1.165, 1.54) is 0 Å². The van der Waals surface area contributed by atoms with Gasteiger partial charge in [-0.05, 0) is 17.5 Å². The second kappa shape index (κ2) is 3.57. The SMILES string of the molecule is O=NC1C(=O)NCCc2ccccc21. The van der Waals surface area contributed by atoms with Gasteiger partial charge >= 0.3 is 0 Å². The first-order chi connectivity index (χ1) is 6.83. The Bertz CT molecular complexity index is 376. The quantitative estimate of drug-likeness (QED) is 0.675. The Hall–Kier alpha value is -1.71. The maximum Gasteiger partial charge on any atom is 0.253 e. The molecule has 4 heteroatoms. The van der Waals surface area contributed by atoms with Crippen molar-refractivity contribution in [1.29, 1.82) is 0 Å². The standard InChI is InChI=1S/C10H10N2O2/c13-10-9(12-14)8-4-2-1-3-7(8)5-6-11-10/h1-4,9H,5-6H2,(H,11,13). The van der Waals surface area contributed by atoms with Gasteiger partial charge in [-0.3, -0.25) is 4.79 Å². The summed E-state index contributed by atoms with van der Waals surface area (Å²) in [6, 6.07) is 6.54. The van der Waals surface area contributed by atoms with Gasteiger partial charge in [-0.1, -0.05) is 29.4 Å². The second-order valence-corrected chi connectivity index (χ2v) is 3.25. The van der Waals surface area contributed by atoms with E-state index >= 15 is 0 Å². The first-order valence-electron chi connectivity index (χ1n) is 4.51. The zero-order valence-corrected chi connectivity index (χ0v) is 7.56. The molecule has 0 saturated carbocycles. The summed E-state index contributed by atoms with van der Waals surface area (Å²) >= 11 is 0. The number of nitroso groups, excluding NO2 is 1. The van der Waals surface area contributed by atoms with E-state index in [0.29, 0.717) is 6.54 Å². The zero-order valence-electron chi connectivity index (χ0n) is 7.56. The molecule has 1 atom stereocenters. The Morgan fingerprint density at radius 2 is 2.14 bits per heavy atom. The van der Waals surface area contributed by atoms with Crippen LogP contribution in [0.3, 0.4) is 0 Å². The Balaban J connectivity index is 2.49. The Labute approximate surface area is 81.3 Å². The van der Waals surface area contributed by atoms with Gasteiger partial charge in [-0.2, -0.15) is 0 Å². The second-order valence-electron chi connectivity index (χ2n) is 3.25. The molecule has 0 aromatic heterocycles. The van der Waals surface area contributed by atoms with Crippen molar-refractivity contribution in [2.75, 3.05) is 6.54 Å². The maximum atomic E-state index is 11.4. The highest BCUT2D eigenvalue weighted by molar-refractivity contribution is 5.84. The summed E-state index contributed by atoms with van der Waals surface area (Å²) in [5.74, 6) is -0.301. The van der Waals surface area contributed by atoms with Gasteiger partial charge in [0.15, 0.2) is 6.04 Å². The number of carbonyl (C=O) groups excluding carboxylic acids is 1. The van der Waals surface area contributed by atoms with E-state index in [4.69, 9.17) is 0 Å². The number of nitrogens with one attached hydrogen (secondary N) is 1. The van der Waals surface area contributed by atoms with Gasteiger partial charge in [0.2, 0.25) is 0 Å². The van der Waals surface area contributed by atoms with Crippen LogP contribution in [0.1, 0.15) is 17.2 Å². The van der Waals surface area contributed by atoms with Gasteiger partial charge in [0, 0.05) is 6.54 Å². The lowest BCUT2D eigenvalue weighted by Gasteiger charge is -2.07. The molecule has 0 spiro atoms. The van der Waals surface area contributed by atoms with Crippen molar-refractivity contribution in [2.45, 2.75) is 12.5 Å². The fourth-order valence-corrected chi connectivity index (χ4v) is 1.69. The minimum atomic E-state index is -0.881. The average Bonchev–Trinajstić information content (AvgIpc) is 2.36. The van der Waals surface area contributed by atoms with Crippen molar-refractivity contribution >= 4 is 5.91 Å². The van der Waals surface area contributed by atoms with Crippen molar-refractivity contribution < 1.29 is 4.79 Å². The molecule has 1 N–H and O–H groups in total. The smallest absolute Gasteiger partial charge is 0.253 e. The Morgan fingerprint density at radius 3 is 2.93 bits per heavy atom. The van der Waals surface area contributed by atoms with Crippen molar-refractivity contribution in [2.24, 2.45) is 5.18 Å². The van der Waals surface area contributed by atoms with Crippen molar-refractivity contribution in [3.63, 3.8) is 0 Å². The van der Waals surface area contributed by atoms with Crippen LogP contribution in [-0.2, 0) is 11.2 Å². The molecular formula is C10H10N2O2. The largest absolute Gasteiger partial charge is 0.353 e. The van der Waals surface area contributed by atoms with E-state index < -0.39 is 6.04 Å². The van der Waals surface area contributed by atoms with E-state index in [1.54, 1.807) is 6.07 Å². The fraction of sp³-hybridized carbons (Fsp3) is 0.300. The van der Waals surface area contributed by atoms with Gasteiger partial charge in [0.1, 0.15) is 0 Å². The molecule has 4 nitrogen and oxygen atoms in total. The van der Waals surface area contributed by atoms with Crippen molar-refractivity contribution in [1.82, 2.24) is 5.32 Å². The Kier molecular flexibility index (Phi) is 2.26. The predicted octanol–water partition coefficient (Wildman–Crippen LogP) is 1.17. The monoisotopic (exact) mass is 190 g/mol. The highest BCUT2D eigenvalue weighted by Gasteiger charge is 2.25. The van der Waals surface area contributed by atoms with Crippen LogP contribution < -0.4 is 5.32 Å². The number of fused-ring (bicyclic) bond motifs is 1. The minimum Gasteiger partial charge on any atom is -0.353 e. The lowest BCUT2D eigenvalue weighted by Crippen LogP contribution is -2.27. The molecule has 0 aliphatic carbocycles. The average molecular weight is 190 g/mol. The summed E-state index contributed by atoms with van der Waals surface area (Å²) in [6.07, 6.45) is 0.758. The van der Waals surface area contributed by atoms with Crippen LogP contribution in [0.2, 0.25) is 0 Å². The number of nitrogens with zero attached hydrogens (tertiary/aromatic N) is 1. The minimum absolute atomic E-state index is 0.301. The molecule has 0 fully saturated rings. The highest BCUT2D eigenvalue weighted by atomic mass is 16.3. The number of carbonyl (C=O) groups is 1. The number of benzene rings is 1. The van der Waals surface area contributed by atoms with Gasteiger partial charge in [-0.15, -0.1) is 4.91 Å². The molecular weight excluding hydrogens is 180 g/mol. The number of amides is 1. The summed E-state index contributed by atoms with van der Waals surface area (Å²) in [5, 5.41) is 5.53. The number of hydrogen-bond acceptors (Lipinski definition) is 3. The van der Waals surface area contributed by atoms with Crippen molar-refractivity contribution in [3.8, 4) is 0 Å². The third-order valence-corrected chi connectivity index (χ3v) is 2.40. The Morgan fingerprint density at radius 1 is 1.36 bits per heavy atom. The van der Waals surface area contributed by atoms with E-state index in [0.717, 1.165) is 17.5 Å². The first-order valence-corrected chi connectivity index (χ1v) is 4.51. The lowest BCUT2D eigenvalue weighted by atomic mass is 10.00. The third-order valence-electron chi connectivity index (χ3n) is 2.40. The van der Waals surface area contributed by atoms with Crippen LogP contribution >= 0.6 is 0 Å². The van der Waals surface area contributed by atoms with Gasteiger partial charge in [0.05, 0.1) is 0 Å². The number of hydrogen-bond donors (Lipinski definition) is 1. The molecule has 1 heterocycles. The zero-order chi connectivity index (χ0) is 9.97. The van der Waals surface area contributed by atoms with Gasteiger partial charge < -0.3 is 5.32 Å². The summed E-state index contributed by atoms with van der Waals surface area (Å²) in [7, 11) is 0. The number of rotatable bonds is 1. The van der Waals surface area contributed by atoms with E-state index in [1.807, 2.05) is 18.2 Å². The molecule has 1 aliphatic rings. The molecule has 1 aliphatic heterocycles. The van der Waals surface area contributed by atoms with E-state index in [9.17, 15) is 9.70 Å². The molecule has 1 amide bonds. The molecule has 1 aromatic carbocycles. The summed E-state index contributed by atoms with van der Waals surface area (Å²) < 4.78 is 0. The van der Waals surface area contributed by atoms with Crippen LogP contribution in [0.25, 0.3) is 0 Å². The molecule has 1 unspecified atom stereocenters. The molecule has 0 saturated heterocycles. The fourth-order valence-electron chi connectivity index (χ4n) is 1.69. The molecule has 14 heavy (non-hydrogen) atoms. The molecule has 1 aromatic rings. The van der Waals surface area contributed by atoms with Crippen LogP contribution in [-0.4, -0.2) is 12.5 Å². The first kappa shape index (κ1) is 8.87. The highest BCUT2D eigenvalue weighted by Crippen LogP contribution is 2.23. The third kappa shape index (κ3) is 1.39. The van der Waals surface area contributed by atoms with Crippen LogP contribution in [0.15, 0.2) is 29.4 Å². The summed E-state index contributed by atoms with van der Waals surface area (Å²) in [5.41, 5.74) is 1.76. The lowest BCUT2D eigenvalue weighted by molar-refractivity contribution is -0.122. The topological polar surface area (TPSA) is 58.5 Å². The summed E-state index contributed by atoms with van der Waals surface area (Å²) in [6.45, 7) is 0.571. The van der Waals surface area contributed by atoms with E-state index in [-0.39, 0.29) is 5.91 Å². The molecule has 0 bridgehead atoms.